The Balaban J connectivity index is 1.75. The number of hydrogen-bond donors (Lipinski definition) is 0. The number of hydrogen-bond acceptors (Lipinski definition) is 2. The van der Waals surface area contributed by atoms with Gasteiger partial charge in [-0.05, 0) is 55.9 Å². The summed E-state index contributed by atoms with van der Waals surface area (Å²) < 4.78 is 0. The van der Waals surface area contributed by atoms with E-state index in [9.17, 15) is 4.79 Å². The fourth-order valence-corrected chi connectivity index (χ4v) is 3.71. The molecule has 2 heteroatoms. The van der Waals surface area contributed by atoms with Gasteiger partial charge in [-0.3, -0.25) is 4.79 Å². The molecule has 0 bridgehead atoms. The Bertz CT molecular complexity index is 190. The van der Waals surface area contributed by atoms with Crippen LogP contribution in [0.1, 0.15) is 32.6 Å². The summed E-state index contributed by atoms with van der Waals surface area (Å²) in [5.41, 5.74) is 0. The van der Waals surface area contributed by atoms with E-state index in [0.717, 1.165) is 11.8 Å². The highest BCUT2D eigenvalue weighted by Crippen LogP contribution is 2.44. The molecule has 13 heavy (non-hydrogen) atoms. The lowest BCUT2D eigenvalue weighted by molar-refractivity contribution is -0.125. The van der Waals surface area contributed by atoms with Crippen LogP contribution in [0.3, 0.4) is 0 Å². The van der Waals surface area contributed by atoms with Crippen molar-refractivity contribution in [3.63, 3.8) is 0 Å². The minimum absolute atomic E-state index is 0.418. The summed E-state index contributed by atoms with van der Waals surface area (Å²) in [6, 6.07) is 0. The zero-order valence-corrected chi connectivity index (χ0v) is 9.11. The van der Waals surface area contributed by atoms with Crippen LogP contribution in [0.5, 0.6) is 0 Å². The maximum atomic E-state index is 11.1. The van der Waals surface area contributed by atoms with Gasteiger partial charge in [0.1, 0.15) is 5.78 Å². The summed E-state index contributed by atoms with van der Waals surface area (Å²) >= 11 is 2.09. The van der Waals surface area contributed by atoms with Gasteiger partial charge in [0.25, 0.3) is 0 Å². The number of Topliss-reactive ketones (excluding diaryl/α,β-unsaturated/α-hetero) is 1. The SMILES string of the molecule is CC(=O)C1CC(C2CCSCC2)C1. The maximum Gasteiger partial charge on any atom is 0.132 e. The minimum atomic E-state index is 0.418. The molecule has 2 aliphatic rings. The van der Waals surface area contributed by atoms with Gasteiger partial charge in [-0.15, -0.1) is 0 Å². The lowest BCUT2D eigenvalue weighted by atomic mass is 9.66. The second kappa shape index (κ2) is 4.04. The van der Waals surface area contributed by atoms with Crippen LogP contribution in [-0.4, -0.2) is 17.3 Å². The number of ketones is 1. The Labute approximate surface area is 84.7 Å². The van der Waals surface area contributed by atoms with Crippen molar-refractivity contribution in [3.05, 3.63) is 0 Å². The van der Waals surface area contributed by atoms with Crippen LogP contribution >= 0.6 is 11.8 Å². The molecule has 1 nitrogen and oxygen atoms in total. The third kappa shape index (κ3) is 2.09. The van der Waals surface area contributed by atoms with Gasteiger partial charge in [0.15, 0.2) is 0 Å². The molecule has 0 N–H and O–H groups in total. The first-order valence-corrected chi connectivity index (χ1v) is 6.51. The molecule has 0 spiro atoms. The van der Waals surface area contributed by atoms with E-state index >= 15 is 0 Å². The first-order chi connectivity index (χ1) is 6.27. The number of thioether (sulfide) groups is 1. The molecular formula is C11H18OS. The van der Waals surface area contributed by atoms with Gasteiger partial charge in [-0.1, -0.05) is 0 Å². The van der Waals surface area contributed by atoms with E-state index in [2.05, 4.69) is 11.8 Å². The molecule has 1 saturated heterocycles. The summed E-state index contributed by atoms with van der Waals surface area (Å²) in [6.45, 7) is 1.75. The van der Waals surface area contributed by atoms with Crippen molar-refractivity contribution in [2.45, 2.75) is 32.6 Å². The number of carbonyl (C=O) groups is 1. The van der Waals surface area contributed by atoms with Gasteiger partial charge in [-0.2, -0.15) is 11.8 Å². The van der Waals surface area contributed by atoms with Crippen LogP contribution in [-0.2, 0) is 4.79 Å². The second-order valence-electron chi connectivity index (χ2n) is 4.49. The fraction of sp³-hybridized carbons (Fsp3) is 0.909. The van der Waals surface area contributed by atoms with Gasteiger partial charge in [0.2, 0.25) is 0 Å². The molecule has 1 aliphatic carbocycles. The van der Waals surface area contributed by atoms with Crippen molar-refractivity contribution >= 4 is 17.5 Å². The molecule has 1 heterocycles. The predicted octanol–water partition coefficient (Wildman–Crippen LogP) is 2.74. The van der Waals surface area contributed by atoms with Crippen LogP contribution in [0.15, 0.2) is 0 Å². The molecule has 0 aromatic carbocycles. The Morgan fingerprint density at radius 2 is 1.77 bits per heavy atom. The van der Waals surface area contributed by atoms with Crippen LogP contribution in [0, 0.1) is 17.8 Å². The average molecular weight is 198 g/mol. The summed E-state index contributed by atoms with van der Waals surface area (Å²) in [6.07, 6.45) is 5.20. The molecular weight excluding hydrogens is 180 g/mol. The average Bonchev–Trinajstić information content (AvgIpc) is 2.02. The Hall–Kier alpha value is 0.0200. The third-order valence-corrected chi connectivity index (χ3v) is 4.73. The van der Waals surface area contributed by atoms with E-state index in [1.807, 2.05) is 0 Å². The molecule has 0 unspecified atom stereocenters. The van der Waals surface area contributed by atoms with Crippen LogP contribution in [0.4, 0.5) is 0 Å². The summed E-state index contributed by atoms with van der Waals surface area (Å²) in [4.78, 5) is 11.1. The quantitative estimate of drug-likeness (QED) is 0.678. The molecule has 0 amide bonds. The summed E-state index contributed by atoms with van der Waals surface area (Å²) in [7, 11) is 0. The van der Waals surface area contributed by atoms with Gasteiger partial charge in [0, 0.05) is 5.92 Å². The van der Waals surface area contributed by atoms with Crippen molar-refractivity contribution in [2.24, 2.45) is 17.8 Å². The molecule has 2 fully saturated rings. The zero-order chi connectivity index (χ0) is 9.26. The fourth-order valence-electron chi connectivity index (χ4n) is 2.57. The lowest BCUT2D eigenvalue weighted by Gasteiger charge is -2.40. The highest BCUT2D eigenvalue weighted by molar-refractivity contribution is 7.99. The van der Waals surface area contributed by atoms with Crippen molar-refractivity contribution in [2.75, 3.05) is 11.5 Å². The minimum Gasteiger partial charge on any atom is -0.300 e. The largest absolute Gasteiger partial charge is 0.300 e. The van der Waals surface area contributed by atoms with Crippen LogP contribution in [0.2, 0.25) is 0 Å². The molecule has 0 aromatic heterocycles. The van der Waals surface area contributed by atoms with Crippen molar-refractivity contribution in [3.8, 4) is 0 Å². The molecule has 0 radical (unpaired) electrons. The van der Waals surface area contributed by atoms with Gasteiger partial charge in [-0.25, -0.2) is 0 Å². The Kier molecular flexibility index (Phi) is 2.97. The Morgan fingerprint density at radius 3 is 2.31 bits per heavy atom. The third-order valence-electron chi connectivity index (χ3n) is 3.68. The smallest absolute Gasteiger partial charge is 0.132 e. The van der Waals surface area contributed by atoms with Crippen molar-refractivity contribution in [1.29, 1.82) is 0 Å². The molecule has 0 aromatic rings. The van der Waals surface area contributed by atoms with E-state index in [0.29, 0.717) is 11.7 Å². The molecule has 1 saturated carbocycles. The lowest BCUT2D eigenvalue weighted by Crippen LogP contribution is -2.35. The van der Waals surface area contributed by atoms with Crippen LogP contribution in [0.25, 0.3) is 0 Å². The maximum absolute atomic E-state index is 11.1. The predicted molar refractivity (Wildman–Crippen MR) is 56.9 cm³/mol. The van der Waals surface area contributed by atoms with E-state index in [1.165, 1.54) is 37.2 Å². The first kappa shape index (κ1) is 9.57. The van der Waals surface area contributed by atoms with Crippen molar-refractivity contribution in [1.82, 2.24) is 0 Å². The highest BCUT2D eigenvalue weighted by atomic mass is 32.2. The zero-order valence-electron chi connectivity index (χ0n) is 8.29. The monoisotopic (exact) mass is 198 g/mol. The van der Waals surface area contributed by atoms with E-state index in [1.54, 1.807) is 6.92 Å². The number of carbonyl (C=O) groups excluding carboxylic acids is 1. The van der Waals surface area contributed by atoms with Gasteiger partial charge in [0.05, 0.1) is 0 Å². The topological polar surface area (TPSA) is 17.1 Å². The first-order valence-electron chi connectivity index (χ1n) is 5.35. The van der Waals surface area contributed by atoms with Gasteiger partial charge < -0.3 is 0 Å². The molecule has 0 atom stereocenters. The summed E-state index contributed by atoms with van der Waals surface area (Å²) in [5.74, 6) is 5.41. The van der Waals surface area contributed by atoms with E-state index in [4.69, 9.17) is 0 Å². The van der Waals surface area contributed by atoms with Crippen molar-refractivity contribution < 1.29 is 4.79 Å². The normalized spacial score (nSPS) is 35.5. The molecule has 1 aliphatic heterocycles. The standard InChI is InChI=1S/C11H18OS/c1-8(12)10-6-11(7-10)9-2-4-13-5-3-9/h9-11H,2-7H2,1H3. The van der Waals surface area contributed by atoms with Gasteiger partial charge >= 0.3 is 0 Å². The summed E-state index contributed by atoms with van der Waals surface area (Å²) in [5, 5.41) is 0. The second-order valence-corrected chi connectivity index (χ2v) is 5.71. The van der Waals surface area contributed by atoms with Crippen LogP contribution < -0.4 is 0 Å². The van der Waals surface area contributed by atoms with E-state index < -0.39 is 0 Å². The van der Waals surface area contributed by atoms with E-state index in [-0.39, 0.29) is 0 Å². The molecule has 2 rings (SSSR count). The highest BCUT2D eigenvalue weighted by Gasteiger charge is 2.37. The Morgan fingerprint density at radius 1 is 1.15 bits per heavy atom. The molecule has 74 valence electrons. The number of rotatable bonds is 2.